The van der Waals surface area contributed by atoms with E-state index < -0.39 is 0 Å². The normalized spacial score (nSPS) is 17.2. The van der Waals surface area contributed by atoms with Crippen LogP contribution in [0.25, 0.3) is 5.65 Å². The predicted octanol–water partition coefficient (Wildman–Crippen LogP) is 3.58. The number of fused-ring (bicyclic) bond motifs is 1. The van der Waals surface area contributed by atoms with Crippen molar-refractivity contribution in [1.29, 1.82) is 0 Å². The van der Waals surface area contributed by atoms with E-state index in [1.165, 1.54) is 5.56 Å². The van der Waals surface area contributed by atoms with E-state index in [1.54, 1.807) is 0 Å². The van der Waals surface area contributed by atoms with Crippen LogP contribution in [0.15, 0.2) is 30.6 Å². The van der Waals surface area contributed by atoms with Gasteiger partial charge < -0.3 is 5.32 Å². The van der Waals surface area contributed by atoms with Gasteiger partial charge in [0.15, 0.2) is 5.65 Å². The zero-order valence-electron chi connectivity index (χ0n) is 19.9. The molecule has 0 radical (unpaired) electrons. The molecule has 1 N–H and O–H groups in total. The molecular weight excluding hydrogens is 400 g/mol. The second-order valence-corrected chi connectivity index (χ2v) is 9.98. The number of rotatable bonds is 6. The highest BCUT2D eigenvalue weighted by atomic mass is 16.1. The Morgan fingerprint density at radius 2 is 2.09 bits per heavy atom. The zero-order chi connectivity index (χ0) is 22.9. The van der Waals surface area contributed by atoms with Crippen molar-refractivity contribution in [1.82, 2.24) is 29.8 Å². The van der Waals surface area contributed by atoms with Crippen LogP contribution in [-0.4, -0.2) is 49.0 Å². The van der Waals surface area contributed by atoms with Gasteiger partial charge in [0.25, 0.3) is 0 Å². The number of pyridine rings is 1. The van der Waals surface area contributed by atoms with E-state index in [2.05, 4.69) is 34.3 Å². The van der Waals surface area contributed by atoms with Crippen LogP contribution in [0, 0.1) is 13.8 Å². The number of carbonyl (C=O) groups is 1. The van der Waals surface area contributed by atoms with Crippen LogP contribution in [0.4, 0.5) is 0 Å². The lowest BCUT2D eigenvalue weighted by molar-refractivity contribution is -0.122. The molecule has 7 heteroatoms. The second kappa shape index (κ2) is 8.98. The van der Waals surface area contributed by atoms with Gasteiger partial charge >= 0.3 is 0 Å². The number of nitrogens with one attached hydrogen (secondary N) is 1. The minimum Gasteiger partial charge on any atom is -0.351 e. The molecular formula is C25H34N6O. The summed E-state index contributed by atoms with van der Waals surface area (Å²) in [5.41, 5.74) is 6.20. The summed E-state index contributed by atoms with van der Waals surface area (Å²) in [6.45, 7) is 13.1. The zero-order valence-corrected chi connectivity index (χ0v) is 19.9. The third-order valence-electron chi connectivity index (χ3n) is 6.12. The van der Waals surface area contributed by atoms with Crippen molar-refractivity contribution in [3.8, 4) is 0 Å². The van der Waals surface area contributed by atoms with E-state index in [4.69, 9.17) is 10.1 Å². The first-order valence-electron chi connectivity index (χ1n) is 11.5. The van der Waals surface area contributed by atoms with Gasteiger partial charge in [0.2, 0.25) is 5.91 Å². The van der Waals surface area contributed by atoms with Crippen molar-refractivity contribution >= 4 is 11.6 Å². The molecule has 1 saturated heterocycles. The van der Waals surface area contributed by atoms with Crippen molar-refractivity contribution < 1.29 is 4.79 Å². The van der Waals surface area contributed by atoms with Gasteiger partial charge in [-0.1, -0.05) is 6.07 Å². The van der Waals surface area contributed by atoms with Crippen LogP contribution in [-0.2, 0) is 17.8 Å². The van der Waals surface area contributed by atoms with E-state index in [0.717, 1.165) is 54.3 Å². The summed E-state index contributed by atoms with van der Waals surface area (Å²) in [5.74, 6) is 0.478. The highest BCUT2D eigenvalue weighted by Crippen LogP contribution is 2.29. The Hall–Kier alpha value is -2.80. The molecule has 7 nitrogen and oxygen atoms in total. The third-order valence-corrected chi connectivity index (χ3v) is 6.12. The number of nitrogens with zero attached hydrogens (tertiary/aromatic N) is 5. The Bertz CT molecular complexity index is 1100. The van der Waals surface area contributed by atoms with Crippen LogP contribution in [0.2, 0.25) is 0 Å². The molecule has 1 unspecified atom stereocenters. The van der Waals surface area contributed by atoms with Gasteiger partial charge in [0.05, 0.1) is 5.69 Å². The van der Waals surface area contributed by atoms with E-state index in [9.17, 15) is 4.79 Å². The SMILES string of the molecule is Cc1nc2cc(C3CCN(Cc4cccnc4)C3)nn2c(C)c1CCC(=O)NC(C)(C)C. The molecule has 0 aromatic carbocycles. The molecule has 3 aromatic rings. The van der Waals surface area contributed by atoms with Gasteiger partial charge in [-0.2, -0.15) is 5.10 Å². The van der Waals surface area contributed by atoms with Gasteiger partial charge in [-0.3, -0.25) is 14.7 Å². The minimum absolute atomic E-state index is 0.0669. The Morgan fingerprint density at radius 3 is 2.81 bits per heavy atom. The molecule has 1 fully saturated rings. The maximum atomic E-state index is 12.3. The van der Waals surface area contributed by atoms with Crippen molar-refractivity contribution in [3.05, 3.63) is 58.8 Å². The van der Waals surface area contributed by atoms with Gasteiger partial charge in [-0.05, 0) is 71.2 Å². The van der Waals surface area contributed by atoms with Gasteiger partial charge in [0.1, 0.15) is 0 Å². The lowest BCUT2D eigenvalue weighted by Gasteiger charge is -2.20. The number of likely N-dealkylation sites (tertiary alicyclic amines) is 1. The molecule has 3 aromatic heterocycles. The van der Waals surface area contributed by atoms with Crippen molar-refractivity contribution in [2.24, 2.45) is 0 Å². The summed E-state index contributed by atoms with van der Waals surface area (Å²) in [4.78, 5) is 23.8. The summed E-state index contributed by atoms with van der Waals surface area (Å²) >= 11 is 0. The van der Waals surface area contributed by atoms with Crippen LogP contribution >= 0.6 is 0 Å². The molecule has 4 rings (SSSR count). The number of aryl methyl sites for hydroxylation is 2. The lowest BCUT2D eigenvalue weighted by Crippen LogP contribution is -2.40. The summed E-state index contributed by atoms with van der Waals surface area (Å²) in [5, 5.41) is 7.98. The first kappa shape index (κ1) is 22.4. The maximum absolute atomic E-state index is 12.3. The van der Waals surface area contributed by atoms with Gasteiger partial charge in [-0.15, -0.1) is 0 Å². The van der Waals surface area contributed by atoms with Crippen molar-refractivity contribution in [2.45, 2.75) is 71.9 Å². The molecule has 170 valence electrons. The summed E-state index contributed by atoms with van der Waals surface area (Å²) in [6.07, 6.45) is 5.97. The summed E-state index contributed by atoms with van der Waals surface area (Å²) < 4.78 is 1.96. The number of carbonyl (C=O) groups excluding carboxylic acids is 1. The monoisotopic (exact) mass is 434 g/mol. The fourth-order valence-corrected chi connectivity index (χ4v) is 4.59. The summed E-state index contributed by atoms with van der Waals surface area (Å²) in [7, 11) is 0. The van der Waals surface area contributed by atoms with Crippen LogP contribution in [0.3, 0.4) is 0 Å². The molecule has 1 amide bonds. The molecule has 1 aliphatic rings. The Kier molecular flexibility index (Phi) is 6.29. The topological polar surface area (TPSA) is 75.4 Å². The van der Waals surface area contributed by atoms with Crippen molar-refractivity contribution in [2.75, 3.05) is 13.1 Å². The number of hydrogen-bond donors (Lipinski definition) is 1. The standard InChI is InChI=1S/C25H34N6O/c1-17-21(8-9-24(32)28-25(3,4)5)18(2)31-23(27-17)13-22(29-31)20-10-12-30(16-20)15-19-7-6-11-26-14-19/h6-7,11,13-14,20H,8-10,12,15-16H2,1-5H3,(H,28,32). The molecule has 0 spiro atoms. The van der Waals surface area contributed by atoms with Gasteiger partial charge in [0, 0.05) is 60.8 Å². The van der Waals surface area contributed by atoms with Crippen LogP contribution in [0.5, 0.6) is 0 Å². The molecule has 0 saturated carbocycles. The predicted molar refractivity (Wildman–Crippen MR) is 126 cm³/mol. The van der Waals surface area contributed by atoms with Gasteiger partial charge in [-0.25, -0.2) is 9.50 Å². The average Bonchev–Trinajstić information content (AvgIpc) is 3.34. The fourth-order valence-electron chi connectivity index (χ4n) is 4.59. The third kappa shape index (κ3) is 5.15. The smallest absolute Gasteiger partial charge is 0.220 e. The van der Waals surface area contributed by atoms with Crippen LogP contribution < -0.4 is 5.32 Å². The van der Waals surface area contributed by atoms with Crippen molar-refractivity contribution in [3.63, 3.8) is 0 Å². The highest BCUT2D eigenvalue weighted by Gasteiger charge is 2.27. The number of aromatic nitrogens is 4. The van der Waals surface area contributed by atoms with E-state index in [-0.39, 0.29) is 11.4 Å². The minimum atomic E-state index is -0.216. The molecule has 1 atom stereocenters. The maximum Gasteiger partial charge on any atom is 0.220 e. The fraction of sp³-hybridized carbons (Fsp3) is 0.520. The van der Waals surface area contributed by atoms with E-state index >= 15 is 0 Å². The quantitative estimate of drug-likeness (QED) is 0.642. The molecule has 0 aliphatic carbocycles. The molecule has 0 bridgehead atoms. The van der Waals surface area contributed by atoms with Crippen LogP contribution in [0.1, 0.15) is 67.7 Å². The Balaban J connectivity index is 1.47. The number of hydrogen-bond acceptors (Lipinski definition) is 5. The molecule has 4 heterocycles. The van der Waals surface area contributed by atoms with E-state index in [1.807, 2.05) is 50.7 Å². The average molecular weight is 435 g/mol. The summed E-state index contributed by atoms with van der Waals surface area (Å²) in [6, 6.07) is 6.25. The Morgan fingerprint density at radius 1 is 1.28 bits per heavy atom. The largest absolute Gasteiger partial charge is 0.351 e. The number of amides is 1. The first-order valence-corrected chi connectivity index (χ1v) is 11.5. The van der Waals surface area contributed by atoms with E-state index in [0.29, 0.717) is 18.8 Å². The molecule has 32 heavy (non-hydrogen) atoms. The second-order valence-electron chi connectivity index (χ2n) is 9.98. The Labute approximate surface area is 190 Å². The first-order chi connectivity index (χ1) is 15.2. The molecule has 1 aliphatic heterocycles. The lowest BCUT2D eigenvalue weighted by atomic mass is 10.0. The highest BCUT2D eigenvalue weighted by molar-refractivity contribution is 5.77.